The van der Waals surface area contributed by atoms with Crippen LogP contribution in [0.25, 0.3) is 63.1 Å². The van der Waals surface area contributed by atoms with E-state index < -0.39 is 0 Å². The van der Waals surface area contributed by atoms with Crippen LogP contribution < -0.4 is 4.90 Å². The Kier molecular flexibility index (Phi) is 6.89. The standard InChI is InChI=1S/C43H28N2S2/c1-4-10-39-32(7-1)25-35(28-44-39)29-13-19-36(20-14-29)45(37-21-15-30(16-22-37)42-26-33-8-2-5-11-40(33)46-42)38-23-17-31(18-24-38)43-27-34-9-3-6-12-41(34)47-43/h1-28H. The lowest BCUT2D eigenvalue weighted by Gasteiger charge is -2.26. The minimum atomic E-state index is 1.01. The molecule has 0 spiro atoms. The number of para-hydroxylation sites is 1. The zero-order valence-corrected chi connectivity index (χ0v) is 27.0. The second-order valence-corrected chi connectivity index (χ2v) is 13.9. The lowest BCUT2D eigenvalue weighted by atomic mass is 10.0. The topological polar surface area (TPSA) is 16.1 Å². The van der Waals surface area contributed by atoms with Gasteiger partial charge in [-0.3, -0.25) is 4.98 Å². The minimum absolute atomic E-state index is 1.01. The summed E-state index contributed by atoms with van der Waals surface area (Å²) in [6.07, 6.45) is 1.97. The van der Waals surface area contributed by atoms with Crippen LogP contribution in [0.5, 0.6) is 0 Å². The molecule has 0 bridgehead atoms. The van der Waals surface area contributed by atoms with Crippen LogP contribution in [0.3, 0.4) is 0 Å². The van der Waals surface area contributed by atoms with Gasteiger partial charge in [-0.2, -0.15) is 0 Å². The van der Waals surface area contributed by atoms with Crippen molar-refractivity contribution in [3.8, 4) is 32.0 Å². The van der Waals surface area contributed by atoms with Crippen molar-refractivity contribution in [1.29, 1.82) is 0 Å². The van der Waals surface area contributed by atoms with Gasteiger partial charge in [0.1, 0.15) is 0 Å². The Morgan fingerprint density at radius 1 is 0.383 bits per heavy atom. The molecule has 0 atom stereocenters. The highest BCUT2D eigenvalue weighted by molar-refractivity contribution is 7.22. The molecule has 0 N–H and O–H groups in total. The van der Waals surface area contributed by atoms with E-state index in [0.717, 1.165) is 39.1 Å². The Morgan fingerprint density at radius 2 is 0.830 bits per heavy atom. The average Bonchev–Trinajstić information content (AvgIpc) is 3.78. The molecule has 4 heteroatoms. The normalized spacial score (nSPS) is 11.4. The SMILES string of the molecule is c1ccc2ncc(-c3ccc(N(c4ccc(-c5cc6ccccc6s5)cc4)c4ccc(-c5cc6ccccc6s5)cc4)cc3)cc2c1. The number of aromatic nitrogens is 1. The Hall–Kier alpha value is -5.55. The summed E-state index contributed by atoms with van der Waals surface area (Å²) in [6.45, 7) is 0. The van der Waals surface area contributed by atoms with Gasteiger partial charge in [0.2, 0.25) is 0 Å². The summed E-state index contributed by atoms with van der Waals surface area (Å²) < 4.78 is 2.63. The number of thiophene rings is 2. The summed E-state index contributed by atoms with van der Waals surface area (Å²) in [5.74, 6) is 0. The average molecular weight is 637 g/mol. The number of hydrogen-bond donors (Lipinski definition) is 0. The largest absolute Gasteiger partial charge is 0.311 e. The number of hydrogen-bond acceptors (Lipinski definition) is 4. The number of rotatable bonds is 6. The van der Waals surface area contributed by atoms with E-state index in [1.54, 1.807) is 0 Å². The van der Waals surface area contributed by atoms with Crippen LogP contribution >= 0.6 is 22.7 Å². The molecule has 9 rings (SSSR count). The van der Waals surface area contributed by atoms with Crippen molar-refractivity contribution in [3.63, 3.8) is 0 Å². The van der Waals surface area contributed by atoms with Gasteiger partial charge in [-0.1, -0.05) is 91.0 Å². The smallest absolute Gasteiger partial charge is 0.0702 e. The molecule has 222 valence electrons. The maximum Gasteiger partial charge on any atom is 0.0702 e. The van der Waals surface area contributed by atoms with Crippen molar-refractivity contribution in [2.24, 2.45) is 0 Å². The summed E-state index contributed by atoms with van der Waals surface area (Å²) in [6, 6.07) is 59.0. The third-order valence-corrected chi connectivity index (χ3v) is 11.1. The summed E-state index contributed by atoms with van der Waals surface area (Å²) in [5, 5.41) is 3.73. The first-order valence-corrected chi connectivity index (χ1v) is 17.3. The van der Waals surface area contributed by atoms with E-state index in [0.29, 0.717) is 0 Å². The molecule has 0 aliphatic carbocycles. The lowest BCUT2D eigenvalue weighted by Crippen LogP contribution is -2.09. The van der Waals surface area contributed by atoms with E-state index in [-0.39, 0.29) is 0 Å². The van der Waals surface area contributed by atoms with Crippen LogP contribution in [0.1, 0.15) is 0 Å². The highest BCUT2D eigenvalue weighted by atomic mass is 32.1. The summed E-state index contributed by atoms with van der Waals surface area (Å²) in [5.41, 5.74) is 9.07. The number of nitrogens with zero attached hydrogens (tertiary/aromatic N) is 2. The molecule has 0 radical (unpaired) electrons. The van der Waals surface area contributed by atoms with Crippen LogP contribution in [0.4, 0.5) is 17.1 Å². The first-order chi connectivity index (χ1) is 23.2. The van der Waals surface area contributed by atoms with Crippen molar-refractivity contribution in [1.82, 2.24) is 4.98 Å². The predicted molar refractivity (Wildman–Crippen MR) is 203 cm³/mol. The fraction of sp³-hybridized carbons (Fsp3) is 0. The molecular formula is C43H28N2S2. The Morgan fingerprint density at radius 3 is 1.34 bits per heavy atom. The minimum Gasteiger partial charge on any atom is -0.311 e. The van der Waals surface area contributed by atoms with Crippen LogP contribution in [0, 0.1) is 0 Å². The molecule has 3 aromatic heterocycles. The van der Waals surface area contributed by atoms with Gasteiger partial charge >= 0.3 is 0 Å². The number of benzene rings is 6. The molecule has 3 heterocycles. The molecule has 0 saturated heterocycles. The fourth-order valence-electron chi connectivity index (χ4n) is 6.28. The van der Waals surface area contributed by atoms with Gasteiger partial charge in [0, 0.05) is 53.4 Å². The van der Waals surface area contributed by atoms with Gasteiger partial charge in [0.05, 0.1) is 5.52 Å². The lowest BCUT2D eigenvalue weighted by molar-refractivity contribution is 1.28. The van der Waals surface area contributed by atoms with Gasteiger partial charge in [-0.05, 0) is 100 Å². The van der Waals surface area contributed by atoms with Gasteiger partial charge < -0.3 is 4.90 Å². The van der Waals surface area contributed by atoms with E-state index in [1.165, 1.54) is 41.1 Å². The molecule has 0 aliphatic rings. The van der Waals surface area contributed by atoms with Gasteiger partial charge in [-0.25, -0.2) is 0 Å². The first kappa shape index (κ1) is 27.7. The van der Waals surface area contributed by atoms with Gasteiger partial charge in [0.15, 0.2) is 0 Å². The molecule has 6 aromatic carbocycles. The van der Waals surface area contributed by atoms with Crippen LogP contribution in [-0.4, -0.2) is 4.98 Å². The van der Waals surface area contributed by atoms with Crippen molar-refractivity contribution in [2.45, 2.75) is 0 Å². The number of fused-ring (bicyclic) bond motifs is 3. The van der Waals surface area contributed by atoms with Crippen molar-refractivity contribution >= 4 is 70.8 Å². The highest BCUT2D eigenvalue weighted by Gasteiger charge is 2.15. The van der Waals surface area contributed by atoms with Gasteiger partial charge in [-0.15, -0.1) is 22.7 Å². The maximum absolute atomic E-state index is 4.70. The Balaban J connectivity index is 1.09. The molecule has 0 unspecified atom stereocenters. The molecule has 0 amide bonds. The predicted octanol–water partition coefficient (Wildman–Crippen LogP) is 13.1. The fourth-order valence-corrected chi connectivity index (χ4v) is 8.41. The van der Waals surface area contributed by atoms with Crippen LogP contribution in [0.2, 0.25) is 0 Å². The number of pyridine rings is 1. The monoisotopic (exact) mass is 636 g/mol. The molecule has 9 aromatic rings. The van der Waals surface area contributed by atoms with Gasteiger partial charge in [0.25, 0.3) is 0 Å². The van der Waals surface area contributed by atoms with E-state index >= 15 is 0 Å². The zero-order valence-electron chi connectivity index (χ0n) is 25.4. The summed E-state index contributed by atoms with van der Waals surface area (Å²) >= 11 is 3.68. The van der Waals surface area contributed by atoms with Crippen molar-refractivity contribution in [2.75, 3.05) is 4.90 Å². The third-order valence-electron chi connectivity index (χ3n) is 8.72. The highest BCUT2D eigenvalue weighted by Crippen LogP contribution is 2.40. The molecule has 2 nitrogen and oxygen atoms in total. The van der Waals surface area contributed by atoms with E-state index in [4.69, 9.17) is 4.98 Å². The first-order valence-electron chi connectivity index (χ1n) is 15.7. The second-order valence-electron chi connectivity index (χ2n) is 11.7. The molecule has 0 saturated carbocycles. The molecular weight excluding hydrogens is 609 g/mol. The van der Waals surface area contributed by atoms with Crippen LogP contribution in [0.15, 0.2) is 170 Å². The molecule has 0 fully saturated rings. The maximum atomic E-state index is 4.70. The summed E-state index contributed by atoms with van der Waals surface area (Å²) in [7, 11) is 0. The van der Waals surface area contributed by atoms with E-state index in [2.05, 4.69) is 163 Å². The Labute approximate surface area is 281 Å². The van der Waals surface area contributed by atoms with E-state index in [9.17, 15) is 0 Å². The Bertz CT molecular complexity index is 2320. The zero-order chi connectivity index (χ0) is 31.2. The summed E-state index contributed by atoms with van der Waals surface area (Å²) in [4.78, 5) is 9.60. The van der Waals surface area contributed by atoms with Crippen LogP contribution in [-0.2, 0) is 0 Å². The third kappa shape index (κ3) is 5.28. The van der Waals surface area contributed by atoms with Crippen molar-refractivity contribution < 1.29 is 0 Å². The molecule has 47 heavy (non-hydrogen) atoms. The molecule has 0 aliphatic heterocycles. The van der Waals surface area contributed by atoms with E-state index in [1.807, 2.05) is 34.9 Å². The second kappa shape index (κ2) is 11.7. The number of anilines is 3. The van der Waals surface area contributed by atoms with Crippen molar-refractivity contribution in [3.05, 3.63) is 170 Å². The quantitative estimate of drug-likeness (QED) is 0.181.